The molecule has 29 heavy (non-hydrogen) atoms. The normalized spacial score (nSPS) is 20.2. The Morgan fingerprint density at radius 3 is 2.69 bits per heavy atom. The molecule has 5 nitrogen and oxygen atoms in total. The van der Waals surface area contributed by atoms with E-state index in [1.165, 1.54) is 6.07 Å². The van der Waals surface area contributed by atoms with Crippen LogP contribution in [0, 0.1) is 6.92 Å². The number of piperidine rings is 1. The van der Waals surface area contributed by atoms with Crippen molar-refractivity contribution < 1.29 is 18.3 Å². The second-order valence-corrected chi connectivity index (χ2v) is 7.84. The van der Waals surface area contributed by atoms with Crippen molar-refractivity contribution in [2.45, 2.75) is 45.3 Å². The summed E-state index contributed by atoms with van der Waals surface area (Å²) in [5, 5.41) is 19.0. The number of hydrogen-bond acceptors (Lipinski definition) is 5. The lowest BCUT2D eigenvalue weighted by molar-refractivity contribution is -0.137. The summed E-state index contributed by atoms with van der Waals surface area (Å²) in [7, 11) is 0. The maximum Gasteiger partial charge on any atom is 0.416 e. The smallest absolute Gasteiger partial charge is 0.416 e. The van der Waals surface area contributed by atoms with Crippen molar-refractivity contribution in [3.05, 3.63) is 34.9 Å². The summed E-state index contributed by atoms with van der Waals surface area (Å²) in [6.07, 6.45) is -1.39. The van der Waals surface area contributed by atoms with E-state index in [9.17, 15) is 18.3 Å². The predicted octanol–water partition coefficient (Wildman–Crippen LogP) is 4.02. The van der Waals surface area contributed by atoms with Gasteiger partial charge in [0.15, 0.2) is 5.82 Å². The van der Waals surface area contributed by atoms with Crippen LogP contribution in [0.5, 0.6) is 5.75 Å². The van der Waals surface area contributed by atoms with E-state index in [-0.39, 0.29) is 5.56 Å². The number of aromatic hydroxyl groups is 1. The van der Waals surface area contributed by atoms with Crippen LogP contribution in [-0.2, 0) is 12.6 Å². The first-order valence-electron chi connectivity index (χ1n) is 10.0. The molecule has 1 saturated heterocycles. The summed E-state index contributed by atoms with van der Waals surface area (Å²) >= 11 is 0. The molecule has 0 amide bonds. The molecule has 1 atom stereocenters. The zero-order chi connectivity index (χ0) is 20.8. The molecule has 2 aliphatic rings. The standard InChI is InChI=1S/C21H25F3N4O/c1-3-27-9-4-5-15(12-27)28-10-8-16-13(2)19(25-26-20(16)28)17-7-6-14(11-18(17)29)21(22,23)24/h6-7,11,15,29H,3-5,8-10,12H2,1-2H3/t15-/m1/s1. The van der Waals surface area contributed by atoms with E-state index in [2.05, 4.69) is 26.9 Å². The largest absolute Gasteiger partial charge is 0.507 e. The third kappa shape index (κ3) is 3.66. The van der Waals surface area contributed by atoms with Gasteiger partial charge in [-0.05, 0) is 63.0 Å². The number of nitrogens with zero attached hydrogens (tertiary/aromatic N) is 4. The summed E-state index contributed by atoms with van der Waals surface area (Å²) in [4.78, 5) is 4.77. The number of phenols is 1. The van der Waals surface area contributed by atoms with Crippen LogP contribution in [-0.4, -0.2) is 52.4 Å². The van der Waals surface area contributed by atoms with Gasteiger partial charge >= 0.3 is 6.18 Å². The Hall–Kier alpha value is -2.35. The van der Waals surface area contributed by atoms with Crippen LogP contribution < -0.4 is 4.90 Å². The van der Waals surface area contributed by atoms with Gasteiger partial charge in [0.05, 0.1) is 11.3 Å². The molecule has 1 aromatic heterocycles. The molecule has 0 bridgehead atoms. The van der Waals surface area contributed by atoms with Gasteiger partial charge in [0, 0.05) is 30.3 Å². The maximum atomic E-state index is 12.9. The number of rotatable bonds is 3. The summed E-state index contributed by atoms with van der Waals surface area (Å²) < 4.78 is 38.7. The second kappa shape index (κ2) is 7.48. The molecule has 0 spiro atoms. The molecule has 0 unspecified atom stereocenters. The van der Waals surface area contributed by atoms with Crippen molar-refractivity contribution in [1.82, 2.24) is 15.1 Å². The Morgan fingerprint density at radius 1 is 1.21 bits per heavy atom. The lowest BCUT2D eigenvalue weighted by atomic mass is 10.00. The molecule has 2 aromatic rings. The molecule has 0 saturated carbocycles. The topological polar surface area (TPSA) is 52.5 Å². The van der Waals surface area contributed by atoms with E-state index in [1.807, 2.05) is 6.92 Å². The minimum Gasteiger partial charge on any atom is -0.507 e. The fourth-order valence-corrected chi connectivity index (χ4v) is 4.50. The van der Waals surface area contributed by atoms with Gasteiger partial charge in [0.1, 0.15) is 5.75 Å². The van der Waals surface area contributed by atoms with Crippen molar-refractivity contribution in [3.63, 3.8) is 0 Å². The Labute approximate surface area is 168 Å². The highest BCUT2D eigenvalue weighted by atomic mass is 19.4. The first-order valence-corrected chi connectivity index (χ1v) is 10.0. The van der Waals surface area contributed by atoms with Gasteiger partial charge in [-0.3, -0.25) is 0 Å². The molecular formula is C21H25F3N4O. The van der Waals surface area contributed by atoms with E-state index in [0.717, 1.165) is 74.5 Å². The summed E-state index contributed by atoms with van der Waals surface area (Å²) in [6, 6.07) is 3.40. The van der Waals surface area contributed by atoms with Gasteiger partial charge in [-0.2, -0.15) is 13.2 Å². The molecule has 1 fully saturated rings. The molecule has 8 heteroatoms. The summed E-state index contributed by atoms with van der Waals surface area (Å²) in [6.45, 7) is 8.13. The van der Waals surface area contributed by atoms with E-state index in [4.69, 9.17) is 0 Å². The fraction of sp³-hybridized carbons (Fsp3) is 0.524. The number of likely N-dealkylation sites (tertiary alicyclic amines) is 1. The molecule has 0 aliphatic carbocycles. The zero-order valence-electron chi connectivity index (χ0n) is 16.6. The second-order valence-electron chi connectivity index (χ2n) is 7.84. The maximum absolute atomic E-state index is 12.9. The Kier molecular flexibility index (Phi) is 5.14. The first kappa shape index (κ1) is 19.9. The predicted molar refractivity (Wildman–Crippen MR) is 105 cm³/mol. The number of benzene rings is 1. The highest BCUT2D eigenvalue weighted by Gasteiger charge is 2.34. The average molecular weight is 406 g/mol. The Morgan fingerprint density at radius 2 is 2.00 bits per heavy atom. The number of aromatic nitrogens is 2. The van der Waals surface area contributed by atoms with Crippen molar-refractivity contribution >= 4 is 5.82 Å². The fourth-order valence-electron chi connectivity index (χ4n) is 4.50. The van der Waals surface area contributed by atoms with Crippen molar-refractivity contribution in [2.24, 2.45) is 0 Å². The van der Waals surface area contributed by atoms with Gasteiger partial charge in [0.2, 0.25) is 0 Å². The van der Waals surface area contributed by atoms with E-state index in [1.54, 1.807) is 0 Å². The number of phenolic OH excluding ortho intramolecular Hbond substituents is 1. The minimum absolute atomic E-state index is 0.277. The third-order valence-electron chi connectivity index (χ3n) is 6.15. The van der Waals surface area contributed by atoms with Gasteiger partial charge in [-0.1, -0.05) is 6.92 Å². The summed E-state index contributed by atoms with van der Waals surface area (Å²) in [5.41, 5.74) is 1.78. The van der Waals surface area contributed by atoms with Crippen LogP contribution in [0.2, 0.25) is 0 Å². The Bertz CT molecular complexity index is 916. The average Bonchev–Trinajstić information content (AvgIpc) is 3.13. The van der Waals surface area contributed by atoms with Gasteiger partial charge < -0.3 is 14.9 Å². The minimum atomic E-state index is -4.50. The number of halogens is 3. The van der Waals surface area contributed by atoms with Gasteiger partial charge in [-0.15, -0.1) is 10.2 Å². The number of hydrogen-bond donors (Lipinski definition) is 1. The lowest BCUT2D eigenvalue weighted by Gasteiger charge is -2.37. The first-order chi connectivity index (χ1) is 13.8. The molecule has 0 radical (unpaired) electrons. The van der Waals surface area contributed by atoms with E-state index in [0.29, 0.717) is 11.7 Å². The van der Waals surface area contributed by atoms with Gasteiger partial charge in [-0.25, -0.2) is 0 Å². The SMILES string of the molecule is CCN1CCC[C@@H](N2CCc3c2nnc(-c2ccc(C(F)(F)F)cc2O)c3C)C1. The molecule has 2 aliphatic heterocycles. The van der Waals surface area contributed by atoms with Crippen LogP contribution in [0.3, 0.4) is 0 Å². The van der Waals surface area contributed by atoms with Crippen LogP contribution in [0.4, 0.5) is 19.0 Å². The quantitative estimate of drug-likeness (QED) is 0.834. The molecule has 4 rings (SSSR count). The van der Waals surface area contributed by atoms with Crippen molar-refractivity contribution in [3.8, 4) is 17.0 Å². The zero-order valence-corrected chi connectivity index (χ0v) is 16.6. The number of alkyl halides is 3. The monoisotopic (exact) mass is 406 g/mol. The van der Waals surface area contributed by atoms with Gasteiger partial charge in [0.25, 0.3) is 0 Å². The third-order valence-corrected chi connectivity index (χ3v) is 6.15. The summed E-state index contributed by atoms with van der Waals surface area (Å²) in [5.74, 6) is 0.443. The Balaban J connectivity index is 1.65. The molecule has 1 N–H and O–H groups in total. The molecule has 3 heterocycles. The number of fused-ring (bicyclic) bond motifs is 1. The van der Waals surface area contributed by atoms with Crippen LogP contribution in [0.25, 0.3) is 11.3 Å². The highest BCUT2D eigenvalue weighted by molar-refractivity contribution is 5.73. The van der Waals surface area contributed by atoms with Crippen LogP contribution in [0.15, 0.2) is 18.2 Å². The lowest BCUT2D eigenvalue weighted by Crippen LogP contribution is -2.47. The van der Waals surface area contributed by atoms with E-state index >= 15 is 0 Å². The van der Waals surface area contributed by atoms with E-state index < -0.39 is 17.5 Å². The molecule has 156 valence electrons. The number of likely N-dealkylation sites (N-methyl/N-ethyl adjacent to an activating group) is 1. The highest BCUT2D eigenvalue weighted by Crippen LogP contribution is 2.40. The molecule has 1 aromatic carbocycles. The van der Waals surface area contributed by atoms with Crippen LogP contribution in [0.1, 0.15) is 36.5 Å². The van der Waals surface area contributed by atoms with Crippen molar-refractivity contribution in [2.75, 3.05) is 31.1 Å². The molecular weight excluding hydrogens is 381 g/mol. The number of anilines is 1. The van der Waals surface area contributed by atoms with Crippen molar-refractivity contribution in [1.29, 1.82) is 0 Å². The van der Waals surface area contributed by atoms with Crippen LogP contribution >= 0.6 is 0 Å².